The molecule has 1 aromatic carbocycles. The van der Waals surface area contributed by atoms with Crippen molar-refractivity contribution in [3.8, 4) is 0 Å². The Balaban J connectivity index is 0.00000364. The van der Waals surface area contributed by atoms with Gasteiger partial charge in [-0.2, -0.15) is 0 Å². The molecule has 6 heteroatoms. The van der Waals surface area contributed by atoms with E-state index < -0.39 is 0 Å². The van der Waals surface area contributed by atoms with Crippen LogP contribution in [-0.4, -0.2) is 38.0 Å². The molecule has 2 N–H and O–H groups in total. The van der Waals surface area contributed by atoms with Crippen LogP contribution in [0.5, 0.6) is 0 Å². The summed E-state index contributed by atoms with van der Waals surface area (Å²) in [6.07, 6.45) is 0. The van der Waals surface area contributed by atoms with Crippen LogP contribution in [0.1, 0.15) is 36.8 Å². The molecule has 0 fully saturated rings. The molecule has 0 saturated carbocycles. The van der Waals surface area contributed by atoms with E-state index in [0.29, 0.717) is 6.54 Å². The average Bonchev–Trinajstić information content (AvgIpc) is 3.13. The van der Waals surface area contributed by atoms with Crippen molar-refractivity contribution in [2.45, 2.75) is 39.3 Å². The summed E-state index contributed by atoms with van der Waals surface area (Å²) in [5, 5.41) is 9.01. The van der Waals surface area contributed by atoms with Crippen molar-refractivity contribution in [2.24, 2.45) is 4.99 Å². The van der Waals surface area contributed by atoms with Gasteiger partial charge in [0.25, 0.3) is 0 Å². The molecule has 0 amide bonds. The molecule has 0 radical (unpaired) electrons. The molecular weight excluding hydrogens is 467 g/mol. The molecule has 27 heavy (non-hydrogen) atoms. The predicted octanol–water partition coefficient (Wildman–Crippen LogP) is 4.46. The topological polar surface area (TPSA) is 39.7 Å². The first-order chi connectivity index (χ1) is 12.4. The third-order valence-corrected chi connectivity index (χ3v) is 5.48. The zero-order valence-electron chi connectivity index (χ0n) is 17.1. The van der Waals surface area contributed by atoms with Gasteiger partial charge in [-0.3, -0.25) is 0 Å². The van der Waals surface area contributed by atoms with E-state index in [9.17, 15) is 0 Å². The average molecular weight is 500 g/mol. The van der Waals surface area contributed by atoms with Crippen molar-refractivity contribution < 1.29 is 0 Å². The number of benzene rings is 1. The van der Waals surface area contributed by atoms with Gasteiger partial charge >= 0.3 is 0 Å². The number of rotatable bonds is 8. The number of thiophene rings is 1. The van der Waals surface area contributed by atoms with Gasteiger partial charge in [0.05, 0.1) is 6.54 Å². The molecule has 2 aromatic rings. The Hall–Kier alpha value is -1.12. The molecule has 0 bridgehead atoms. The maximum absolute atomic E-state index is 4.82. The summed E-state index contributed by atoms with van der Waals surface area (Å²) >= 11 is 1.81. The Morgan fingerprint density at radius 1 is 1.07 bits per heavy atom. The molecule has 0 aliphatic heterocycles. The zero-order valence-corrected chi connectivity index (χ0v) is 20.2. The van der Waals surface area contributed by atoms with E-state index in [1.165, 1.54) is 16.0 Å². The molecule has 0 unspecified atom stereocenters. The molecule has 4 nitrogen and oxygen atoms in total. The molecule has 1 heterocycles. The van der Waals surface area contributed by atoms with E-state index in [-0.39, 0.29) is 29.4 Å². The van der Waals surface area contributed by atoms with Gasteiger partial charge in [-0.05, 0) is 43.6 Å². The highest BCUT2D eigenvalue weighted by atomic mass is 127. The fraction of sp³-hybridized carbons (Fsp3) is 0.476. The Morgan fingerprint density at radius 3 is 2.37 bits per heavy atom. The number of guanidine groups is 1. The standard InChI is InChI=1S/C21H32N4S.HI/c1-6-22-20(24-16-21(2,3)19-12-9-13-26-19)23-14-17-10-7-8-11-18(17)15-25(4)5;/h7-13H,6,14-16H2,1-5H3,(H2,22,23,24);1H. The predicted molar refractivity (Wildman–Crippen MR) is 129 cm³/mol. The second kappa shape index (κ2) is 11.7. The molecule has 0 aliphatic rings. The van der Waals surface area contributed by atoms with Crippen LogP contribution >= 0.6 is 35.3 Å². The van der Waals surface area contributed by atoms with E-state index in [1.54, 1.807) is 0 Å². The fourth-order valence-electron chi connectivity index (χ4n) is 2.77. The van der Waals surface area contributed by atoms with Crippen molar-refractivity contribution in [3.05, 3.63) is 57.8 Å². The summed E-state index contributed by atoms with van der Waals surface area (Å²) in [7, 11) is 4.19. The van der Waals surface area contributed by atoms with Gasteiger partial charge in [0, 0.05) is 29.9 Å². The largest absolute Gasteiger partial charge is 0.357 e. The van der Waals surface area contributed by atoms with Crippen LogP contribution in [0.25, 0.3) is 0 Å². The molecular formula is C21H33IN4S. The van der Waals surface area contributed by atoms with Gasteiger partial charge in [0.1, 0.15) is 0 Å². The van der Waals surface area contributed by atoms with Crippen molar-refractivity contribution >= 4 is 41.3 Å². The number of halogens is 1. The SMILES string of the molecule is CCNC(=NCc1ccccc1CN(C)C)NCC(C)(C)c1cccs1.I. The van der Waals surface area contributed by atoms with E-state index >= 15 is 0 Å². The van der Waals surface area contributed by atoms with E-state index in [0.717, 1.165) is 25.6 Å². The Labute approximate surface area is 185 Å². The molecule has 0 atom stereocenters. The third kappa shape index (κ3) is 7.79. The van der Waals surface area contributed by atoms with Crippen molar-refractivity contribution in [3.63, 3.8) is 0 Å². The quantitative estimate of drug-likeness (QED) is 0.320. The normalized spacial score (nSPS) is 12.0. The van der Waals surface area contributed by atoms with Crippen LogP contribution in [0.4, 0.5) is 0 Å². The van der Waals surface area contributed by atoms with Crippen LogP contribution < -0.4 is 10.6 Å². The van der Waals surface area contributed by atoms with Crippen molar-refractivity contribution in [1.29, 1.82) is 0 Å². The first-order valence-corrected chi connectivity index (χ1v) is 10.1. The second-order valence-corrected chi connectivity index (χ2v) is 8.36. The maximum atomic E-state index is 4.82. The smallest absolute Gasteiger partial charge is 0.191 e. The number of nitrogens with one attached hydrogen (secondary N) is 2. The fourth-order valence-corrected chi connectivity index (χ4v) is 3.62. The van der Waals surface area contributed by atoms with Gasteiger partial charge in [0.15, 0.2) is 5.96 Å². The Morgan fingerprint density at radius 2 is 1.78 bits per heavy atom. The summed E-state index contributed by atoms with van der Waals surface area (Å²) in [4.78, 5) is 8.39. The van der Waals surface area contributed by atoms with Crippen LogP contribution in [0.15, 0.2) is 46.8 Å². The number of hydrogen-bond acceptors (Lipinski definition) is 3. The number of hydrogen-bond donors (Lipinski definition) is 2. The highest BCUT2D eigenvalue weighted by Gasteiger charge is 2.21. The maximum Gasteiger partial charge on any atom is 0.191 e. The molecule has 1 aromatic heterocycles. The lowest BCUT2D eigenvalue weighted by Gasteiger charge is -2.25. The minimum atomic E-state index is 0. The van der Waals surface area contributed by atoms with E-state index in [2.05, 4.69) is 92.2 Å². The zero-order chi connectivity index (χ0) is 19.0. The summed E-state index contributed by atoms with van der Waals surface area (Å²) in [6.45, 7) is 9.94. The molecule has 0 spiro atoms. The molecule has 0 saturated heterocycles. The Bertz CT molecular complexity index is 696. The summed E-state index contributed by atoms with van der Waals surface area (Å²) < 4.78 is 0. The third-order valence-electron chi connectivity index (χ3n) is 4.24. The summed E-state index contributed by atoms with van der Waals surface area (Å²) in [6, 6.07) is 12.9. The van der Waals surface area contributed by atoms with Gasteiger partial charge in [-0.1, -0.05) is 44.2 Å². The van der Waals surface area contributed by atoms with Crippen LogP contribution in [0.3, 0.4) is 0 Å². The van der Waals surface area contributed by atoms with E-state index in [1.807, 2.05) is 11.3 Å². The molecule has 150 valence electrons. The van der Waals surface area contributed by atoms with Gasteiger partial charge in [0.2, 0.25) is 0 Å². The number of aliphatic imine (C=N–C) groups is 1. The number of nitrogens with zero attached hydrogens (tertiary/aromatic N) is 2. The minimum Gasteiger partial charge on any atom is -0.357 e. The van der Waals surface area contributed by atoms with Crippen molar-refractivity contribution in [2.75, 3.05) is 27.2 Å². The monoisotopic (exact) mass is 500 g/mol. The lowest BCUT2D eigenvalue weighted by Crippen LogP contribution is -2.43. The van der Waals surface area contributed by atoms with Gasteiger partial charge < -0.3 is 15.5 Å². The second-order valence-electron chi connectivity index (χ2n) is 7.42. The summed E-state index contributed by atoms with van der Waals surface area (Å²) in [5.41, 5.74) is 2.68. The summed E-state index contributed by atoms with van der Waals surface area (Å²) in [5.74, 6) is 0.872. The molecule has 0 aliphatic carbocycles. The van der Waals surface area contributed by atoms with Gasteiger partial charge in [-0.15, -0.1) is 35.3 Å². The highest BCUT2D eigenvalue weighted by Crippen LogP contribution is 2.26. The lowest BCUT2D eigenvalue weighted by molar-refractivity contribution is 0.401. The lowest BCUT2D eigenvalue weighted by atomic mass is 9.91. The molecule has 2 rings (SSSR count). The van der Waals surface area contributed by atoms with E-state index in [4.69, 9.17) is 4.99 Å². The van der Waals surface area contributed by atoms with Crippen LogP contribution in [0.2, 0.25) is 0 Å². The van der Waals surface area contributed by atoms with Crippen LogP contribution in [-0.2, 0) is 18.5 Å². The first-order valence-electron chi connectivity index (χ1n) is 9.20. The van der Waals surface area contributed by atoms with Crippen LogP contribution in [0, 0.1) is 0 Å². The highest BCUT2D eigenvalue weighted by molar-refractivity contribution is 14.0. The van der Waals surface area contributed by atoms with Crippen molar-refractivity contribution in [1.82, 2.24) is 15.5 Å². The minimum absolute atomic E-state index is 0. The Kier molecular flexibility index (Phi) is 10.3. The first kappa shape index (κ1) is 23.9. The van der Waals surface area contributed by atoms with Gasteiger partial charge in [-0.25, -0.2) is 4.99 Å².